The van der Waals surface area contributed by atoms with Crippen LogP contribution >= 0.6 is 0 Å². The number of halogens is 1. The molecular formula is C25H25FN2O2. The molecule has 1 aliphatic heterocycles. The molecule has 3 aromatic rings. The summed E-state index contributed by atoms with van der Waals surface area (Å²) < 4.78 is 20.8. The van der Waals surface area contributed by atoms with Crippen LogP contribution in [0.25, 0.3) is 22.0 Å². The lowest BCUT2D eigenvalue weighted by molar-refractivity contribution is -0.134. The quantitative estimate of drug-likeness (QED) is 0.605. The highest BCUT2D eigenvalue weighted by Gasteiger charge is 2.35. The van der Waals surface area contributed by atoms with Crippen LogP contribution in [0.5, 0.6) is 5.75 Å². The molecule has 154 valence electrons. The Morgan fingerprint density at radius 1 is 1.03 bits per heavy atom. The third-order valence-electron chi connectivity index (χ3n) is 6.07. The summed E-state index contributed by atoms with van der Waals surface area (Å²) in [6, 6.07) is 14.7. The predicted molar refractivity (Wildman–Crippen MR) is 115 cm³/mol. The van der Waals surface area contributed by atoms with Crippen molar-refractivity contribution in [3.63, 3.8) is 0 Å². The maximum Gasteiger partial charge on any atom is 0.225 e. The van der Waals surface area contributed by atoms with E-state index in [0.717, 1.165) is 66.7 Å². The van der Waals surface area contributed by atoms with Gasteiger partial charge in [0.1, 0.15) is 17.7 Å². The second-order valence-electron chi connectivity index (χ2n) is 8.42. The van der Waals surface area contributed by atoms with Crippen LogP contribution in [0, 0.1) is 18.7 Å². The van der Waals surface area contributed by atoms with Gasteiger partial charge in [0.2, 0.25) is 5.91 Å². The second kappa shape index (κ2) is 7.71. The monoisotopic (exact) mass is 404 g/mol. The van der Waals surface area contributed by atoms with Crippen LogP contribution < -0.4 is 4.74 Å². The molecule has 0 atom stereocenters. The maximum absolute atomic E-state index is 14.7. The van der Waals surface area contributed by atoms with Crippen LogP contribution in [-0.4, -0.2) is 35.0 Å². The third kappa shape index (κ3) is 3.89. The number of hydrogen-bond donors (Lipinski definition) is 0. The molecule has 2 fully saturated rings. The van der Waals surface area contributed by atoms with Crippen molar-refractivity contribution >= 4 is 16.8 Å². The summed E-state index contributed by atoms with van der Waals surface area (Å²) in [6.45, 7) is 3.47. The number of aromatic nitrogens is 1. The standard InChI is InChI=1S/C25H25FN2O2/c1-16-2-3-19-14-23(26)22(15-24(19)27-16)17-6-8-20(9-7-17)30-21-10-12-28(13-11-21)25(29)18-4-5-18/h2-3,6-9,14-15,18,21H,4-5,10-13H2,1H3. The zero-order valence-electron chi connectivity index (χ0n) is 17.1. The number of carbonyl (C=O) groups is 1. The first-order valence-electron chi connectivity index (χ1n) is 10.7. The molecule has 0 N–H and O–H groups in total. The molecule has 0 bridgehead atoms. The zero-order chi connectivity index (χ0) is 20.7. The molecule has 4 nitrogen and oxygen atoms in total. The predicted octanol–water partition coefficient (Wildman–Crippen LogP) is 5.13. The molecule has 1 aromatic heterocycles. The molecule has 0 spiro atoms. The average molecular weight is 404 g/mol. The summed E-state index contributed by atoms with van der Waals surface area (Å²) in [7, 11) is 0. The fraction of sp³-hybridized carbons (Fsp3) is 0.360. The number of nitrogens with zero attached hydrogens (tertiary/aromatic N) is 2. The van der Waals surface area contributed by atoms with Gasteiger partial charge in [0.15, 0.2) is 0 Å². The molecule has 1 saturated carbocycles. The maximum atomic E-state index is 14.7. The minimum absolute atomic E-state index is 0.115. The Kier molecular flexibility index (Phi) is 4.89. The molecule has 1 amide bonds. The largest absolute Gasteiger partial charge is 0.490 e. The second-order valence-corrected chi connectivity index (χ2v) is 8.42. The van der Waals surface area contributed by atoms with Gasteiger partial charge in [-0.2, -0.15) is 0 Å². The lowest BCUT2D eigenvalue weighted by Crippen LogP contribution is -2.42. The van der Waals surface area contributed by atoms with Crippen molar-refractivity contribution in [2.45, 2.75) is 38.7 Å². The van der Waals surface area contributed by atoms with E-state index < -0.39 is 0 Å². The summed E-state index contributed by atoms with van der Waals surface area (Å²) in [5.74, 6) is 1.12. The van der Waals surface area contributed by atoms with Gasteiger partial charge in [0, 0.05) is 48.5 Å². The van der Waals surface area contributed by atoms with Crippen LogP contribution in [-0.2, 0) is 4.79 Å². The number of benzene rings is 2. The lowest BCUT2D eigenvalue weighted by Gasteiger charge is -2.32. The summed E-state index contributed by atoms with van der Waals surface area (Å²) in [5.41, 5.74) is 3.04. The van der Waals surface area contributed by atoms with E-state index in [-0.39, 0.29) is 17.8 Å². The molecule has 0 radical (unpaired) electrons. The van der Waals surface area contributed by atoms with Crippen molar-refractivity contribution in [1.82, 2.24) is 9.88 Å². The Morgan fingerprint density at radius 2 is 1.77 bits per heavy atom. The number of hydrogen-bond acceptors (Lipinski definition) is 3. The number of carbonyl (C=O) groups excluding carboxylic acids is 1. The van der Waals surface area contributed by atoms with E-state index in [2.05, 4.69) is 4.98 Å². The van der Waals surface area contributed by atoms with Crippen molar-refractivity contribution in [2.24, 2.45) is 5.92 Å². The molecule has 2 heterocycles. The molecule has 5 heteroatoms. The lowest BCUT2D eigenvalue weighted by atomic mass is 10.0. The fourth-order valence-corrected chi connectivity index (χ4v) is 4.15. The summed E-state index contributed by atoms with van der Waals surface area (Å²) in [5, 5.41) is 0.799. The number of pyridine rings is 1. The Bertz CT molecular complexity index is 1080. The van der Waals surface area contributed by atoms with Crippen molar-refractivity contribution in [3.8, 4) is 16.9 Å². The van der Waals surface area contributed by atoms with Crippen LogP contribution in [0.15, 0.2) is 48.5 Å². The topological polar surface area (TPSA) is 42.4 Å². The van der Waals surface area contributed by atoms with Gasteiger partial charge in [0.05, 0.1) is 5.52 Å². The first kappa shape index (κ1) is 19.0. The van der Waals surface area contributed by atoms with Gasteiger partial charge in [-0.15, -0.1) is 0 Å². The van der Waals surface area contributed by atoms with Crippen molar-refractivity contribution < 1.29 is 13.9 Å². The molecule has 0 unspecified atom stereocenters. The van der Waals surface area contributed by atoms with E-state index in [0.29, 0.717) is 11.5 Å². The molecular weight excluding hydrogens is 379 g/mol. The summed E-state index contributed by atoms with van der Waals surface area (Å²) >= 11 is 0. The van der Waals surface area contributed by atoms with Crippen molar-refractivity contribution in [1.29, 1.82) is 0 Å². The third-order valence-corrected chi connectivity index (χ3v) is 6.07. The minimum atomic E-state index is -0.255. The fourth-order valence-electron chi connectivity index (χ4n) is 4.15. The highest BCUT2D eigenvalue weighted by molar-refractivity contribution is 5.85. The van der Waals surface area contributed by atoms with E-state index in [1.807, 2.05) is 48.2 Å². The van der Waals surface area contributed by atoms with Gasteiger partial charge in [-0.25, -0.2) is 4.39 Å². The van der Waals surface area contributed by atoms with E-state index in [1.165, 1.54) is 6.07 Å². The normalized spacial score (nSPS) is 17.3. The molecule has 2 aromatic carbocycles. The number of amides is 1. The SMILES string of the molecule is Cc1ccc2cc(F)c(-c3ccc(OC4CCN(C(=O)C5CC5)CC4)cc3)cc2n1. The van der Waals surface area contributed by atoms with E-state index >= 15 is 0 Å². The van der Waals surface area contributed by atoms with Crippen molar-refractivity contribution in [3.05, 3.63) is 60.0 Å². The highest BCUT2D eigenvalue weighted by Crippen LogP contribution is 2.33. The molecule has 30 heavy (non-hydrogen) atoms. The molecule has 1 saturated heterocycles. The van der Waals surface area contributed by atoms with E-state index in [1.54, 1.807) is 6.07 Å². The van der Waals surface area contributed by atoms with Gasteiger partial charge in [-0.1, -0.05) is 18.2 Å². The Labute approximate surface area is 175 Å². The van der Waals surface area contributed by atoms with Gasteiger partial charge >= 0.3 is 0 Å². The average Bonchev–Trinajstić information content (AvgIpc) is 3.60. The van der Waals surface area contributed by atoms with Gasteiger partial charge in [-0.3, -0.25) is 9.78 Å². The zero-order valence-corrected chi connectivity index (χ0v) is 17.1. The first-order chi connectivity index (χ1) is 14.6. The minimum Gasteiger partial charge on any atom is -0.490 e. The number of ether oxygens (including phenoxy) is 1. The Hall–Kier alpha value is -2.95. The van der Waals surface area contributed by atoms with Crippen molar-refractivity contribution in [2.75, 3.05) is 13.1 Å². The number of likely N-dealkylation sites (tertiary alicyclic amines) is 1. The van der Waals surface area contributed by atoms with Gasteiger partial charge < -0.3 is 9.64 Å². The van der Waals surface area contributed by atoms with Crippen LogP contribution in [0.4, 0.5) is 4.39 Å². The van der Waals surface area contributed by atoms with E-state index in [4.69, 9.17) is 4.74 Å². The first-order valence-corrected chi connectivity index (χ1v) is 10.7. The Morgan fingerprint density at radius 3 is 2.47 bits per heavy atom. The number of rotatable bonds is 4. The molecule has 2 aliphatic rings. The van der Waals surface area contributed by atoms with Gasteiger partial charge in [0.25, 0.3) is 0 Å². The number of piperidine rings is 1. The molecule has 1 aliphatic carbocycles. The smallest absolute Gasteiger partial charge is 0.225 e. The number of aryl methyl sites for hydroxylation is 1. The summed E-state index contributed by atoms with van der Waals surface area (Å²) in [6.07, 6.45) is 3.92. The number of fused-ring (bicyclic) bond motifs is 1. The van der Waals surface area contributed by atoms with Crippen LogP contribution in [0.1, 0.15) is 31.4 Å². The Balaban J connectivity index is 1.26. The van der Waals surface area contributed by atoms with Crippen LogP contribution in [0.2, 0.25) is 0 Å². The highest BCUT2D eigenvalue weighted by atomic mass is 19.1. The van der Waals surface area contributed by atoms with Crippen LogP contribution in [0.3, 0.4) is 0 Å². The summed E-state index contributed by atoms with van der Waals surface area (Å²) in [4.78, 5) is 18.7. The van der Waals surface area contributed by atoms with E-state index in [9.17, 15) is 9.18 Å². The van der Waals surface area contributed by atoms with Gasteiger partial charge in [-0.05, 0) is 55.7 Å². The molecule has 5 rings (SSSR count).